The molecule has 0 amide bonds. The Balaban J connectivity index is 2.15. The Hall–Kier alpha value is -2.36. The van der Waals surface area contributed by atoms with Gasteiger partial charge >= 0.3 is 0 Å². The molecule has 0 aliphatic heterocycles. The zero-order valence-electron chi connectivity index (χ0n) is 8.51. The smallest absolute Gasteiger partial charge is 0.140 e. The molecule has 16 heavy (non-hydrogen) atoms. The van der Waals surface area contributed by atoms with Crippen LogP contribution in [0.15, 0.2) is 53.7 Å². The first kappa shape index (κ1) is 10.2. The van der Waals surface area contributed by atoms with Gasteiger partial charge < -0.3 is 5.11 Å². The Morgan fingerprint density at radius 2 is 1.88 bits per heavy atom. The number of anilines is 1. The molecular weight excluding hydrogens is 202 g/mol. The Morgan fingerprint density at radius 1 is 1.12 bits per heavy atom. The predicted octanol–water partition coefficient (Wildman–Crippen LogP) is 2.31. The van der Waals surface area contributed by atoms with Gasteiger partial charge in [-0.3, -0.25) is 10.8 Å². The van der Waals surface area contributed by atoms with Crippen molar-refractivity contribution in [2.75, 3.05) is 5.43 Å². The van der Waals surface area contributed by atoms with Crippen molar-refractivity contribution in [1.82, 2.24) is 0 Å². The van der Waals surface area contributed by atoms with Crippen molar-refractivity contribution in [3.8, 4) is 5.75 Å². The van der Waals surface area contributed by atoms with Crippen LogP contribution in [0.5, 0.6) is 5.75 Å². The first-order chi connectivity index (χ1) is 7.77. The quantitative estimate of drug-likeness (QED) is 0.401. The van der Waals surface area contributed by atoms with Gasteiger partial charge in [-0.2, -0.15) is 5.10 Å². The van der Waals surface area contributed by atoms with E-state index in [0.717, 1.165) is 0 Å². The normalized spacial score (nSPS) is 16.8. The number of benzene rings is 1. The minimum atomic E-state index is 0.133. The third-order valence-electron chi connectivity index (χ3n) is 2.10. The Labute approximate surface area is 93.1 Å². The average Bonchev–Trinajstić information content (AvgIpc) is 2.30. The van der Waals surface area contributed by atoms with Crippen LogP contribution in [0.2, 0.25) is 0 Å². The number of para-hydroxylation sites is 2. The summed E-state index contributed by atoms with van der Waals surface area (Å²) in [6, 6.07) is 6.82. The van der Waals surface area contributed by atoms with E-state index in [1.165, 1.54) is 0 Å². The number of nitrogens with zero attached hydrogens (tertiary/aromatic N) is 1. The highest BCUT2D eigenvalue weighted by atomic mass is 16.3. The second-order valence-corrected chi connectivity index (χ2v) is 3.26. The van der Waals surface area contributed by atoms with Gasteiger partial charge in [-0.15, -0.1) is 0 Å². The molecule has 0 bridgehead atoms. The van der Waals surface area contributed by atoms with Crippen LogP contribution in [0.1, 0.15) is 0 Å². The number of aromatic hydroxyl groups is 1. The summed E-state index contributed by atoms with van der Waals surface area (Å²) in [5, 5.41) is 21.1. The summed E-state index contributed by atoms with van der Waals surface area (Å²) in [5.41, 5.74) is 4.12. The van der Waals surface area contributed by atoms with Gasteiger partial charge in [-0.25, -0.2) is 0 Å². The van der Waals surface area contributed by atoms with Gasteiger partial charge in [0.15, 0.2) is 0 Å². The molecule has 1 aliphatic rings. The lowest BCUT2D eigenvalue weighted by Gasteiger charge is -2.06. The molecule has 0 heterocycles. The number of rotatable bonds is 2. The van der Waals surface area contributed by atoms with E-state index < -0.39 is 0 Å². The van der Waals surface area contributed by atoms with Crippen molar-refractivity contribution < 1.29 is 5.11 Å². The molecule has 0 saturated heterocycles. The van der Waals surface area contributed by atoms with Crippen LogP contribution in [0.25, 0.3) is 0 Å². The fraction of sp³-hybridized carbons (Fsp3) is 0. The lowest BCUT2D eigenvalue weighted by atomic mass is 10.1. The molecule has 0 unspecified atom stereocenters. The van der Waals surface area contributed by atoms with E-state index >= 15 is 0 Å². The van der Waals surface area contributed by atoms with E-state index in [9.17, 15) is 5.11 Å². The van der Waals surface area contributed by atoms with Crippen LogP contribution in [-0.4, -0.2) is 16.5 Å². The molecule has 2 rings (SSSR count). The molecule has 0 radical (unpaired) electrons. The monoisotopic (exact) mass is 213 g/mol. The van der Waals surface area contributed by atoms with E-state index in [1.807, 2.05) is 6.08 Å². The van der Waals surface area contributed by atoms with Crippen molar-refractivity contribution in [3.63, 3.8) is 0 Å². The van der Waals surface area contributed by atoms with Crippen LogP contribution in [0.4, 0.5) is 5.69 Å². The molecule has 0 fully saturated rings. The van der Waals surface area contributed by atoms with Crippen molar-refractivity contribution in [3.05, 3.63) is 48.6 Å². The van der Waals surface area contributed by atoms with Crippen LogP contribution < -0.4 is 5.43 Å². The first-order valence-electron chi connectivity index (χ1n) is 4.83. The van der Waals surface area contributed by atoms with E-state index in [0.29, 0.717) is 17.1 Å². The van der Waals surface area contributed by atoms with Crippen molar-refractivity contribution in [1.29, 1.82) is 5.41 Å². The summed E-state index contributed by atoms with van der Waals surface area (Å²) in [5.74, 6) is 0.133. The van der Waals surface area contributed by atoms with Gasteiger partial charge in [0.2, 0.25) is 0 Å². The summed E-state index contributed by atoms with van der Waals surface area (Å²) in [7, 11) is 0. The molecule has 0 saturated carbocycles. The third kappa shape index (κ3) is 2.17. The maximum absolute atomic E-state index is 9.49. The molecule has 0 spiro atoms. The molecule has 0 atom stereocenters. The maximum Gasteiger partial charge on any atom is 0.140 e. The second kappa shape index (κ2) is 4.44. The van der Waals surface area contributed by atoms with Crippen molar-refractivity contribution >= 4 is 17.1 Å². The Morgan fingerprint density at radius 3 is 2.62 bits per heavy atom. The van der Waals surface area contributed by atoms with Crippen LogP contribution in [0, 0.1) is 5.41 Å². The number of hydrogen-bond donors (Lipinski definition) is 3. The molecule has 80 valence electrons. The highest BCUT2D eigenvalue weighted by Crippen LogP contribution is 2.21. The van der Waals surface area contributed by atoms with Gasteiger partial charge in [0.05, 0.1) is 11.4 Å². The van der Waals surface area contributed by atoms with E-state index in [1.54, 1.807) is 42.5 Å². The largest absolute Gasteiger partial charge is 0.506 e. The fourth-order valence-electron chi connectivity index (χ4n) is 1.26. The number of phenolic OH excluding ortho intramolecular Hbond substituents is 1. The third-order valence-corrected chi connectivity index (χ3v) is 2.10. The zero-order valence-corrected chi connectivity index (χ0v) is 8.51. The predicted molar refractivity (Wildman–Crippen MR) is 65.2 cm³/mol. The Bertz CT molecular complexity index is 501. The number of hydrogen-bond acceptors (Lipinski definition) is 4. The molecule has 4 nitrogen and oxygen atoms in total. The minimum Gasteiger partial charge on any atom is -0.506 e. The van der Waals surface area contributed by atoms with Crippen LogP contribution in [0.3, 0.4) is 0 Å². The zero-order chi connectivity index (χ0) is 11.4. The molecule has 4 heteroatoms. The van der Waals surface area contributed by atoms with Gasteiger partial charge in [-0.05, 0) is 24.3 Å². The van der Waals surface area contributed by atoms with E-state index in [-0.39, 0.29) is 5.75 Å². The standard InChI is InChI=1S/C12H11N3O/c13-9-5-1-2-6-10(9)14-15-11-7-3-4-8-12(11)16/h1-8,13,15-16H/b13-9?,14-10-. The average molecular weight is 213 g/mol. The number of allylic oxidation sites excluding steroid dienone is 4. The summed E-state index contributed by atoms with van der Waals surface area (Å²) in [6.45, 7) is 0. The fourth-order valence-corrected chi connectivity index (χ4v) is 1.26. The van der Waals surface area contributed by atoms with Gasteiger partial charge in [-0.1, -0.05) is 24.3 Å². The second-order valence-electron chi connectivity index (χ2n) is 3.26. The van der Waals surface area contributed by atoms with E-state index in [2.05, 4.69) is 10.5 Å². The van der Waals surface area contributed by atoms with Gasteiger partial charge in [0.1, 0.15) is 11.5 Å². The lowest BCUT2D eigenvalue weighted by molar-refractivity contribution is 0.477. The van der Waals surface area contributed by atoms with Gasteiger partial charge in [0, 0.05) is 0 Å². The molecule has 0 aromatic heterocycles. The summed E-state index contributed by atoms with van der Waals surface area (Å²) in [6.07, 6.45) is 6.98. The molecule has 1 aliphatic carbocycles. The minimum absolute atomic E-state index is 0.133. The molecule has 1 aromatic rings. The SMILES string of the molecule is N=C1C=CC=C/C1=N/Nc1ccccc1O. The lowest BCUT2D eigenvalue weighted by Crippen LogP contribution is -2.11. The topological polar surface area (TPSA) is 68.5 Å². The van der Waals surface area contributed by atoms with Crippen LogP contribution >= 0.6 is 0 Å². The van der Waals surface area contributed by atoms with Gasteiger partial charge in [0.25, 0.3) is 0 Å². The van der Waals surface area contributed by atoms with Crippen LogP contribution in [-0.2, 0) is 0 Å². The molecule has 1 aromatic carbocycles. The Kier molecular flexibility index (Phi) is 2.82. The first-order valence-corrected chi connectivity index (χ1v) is 4.83. The summed E-state index contributed by atoms with van der Waals surface area (Å²) < 4.78 is 0. The molecule has 3 N–H and O–H groups in total. The highest BCUT2D eigenvalue weighted by Gasteiger charge is 2.03. The summed E-state index contributed by atoms with van der Waals surface area (Å²) in [4.78, 5) is 0. The number of phenols is 1. The highest BCUT2D eigenvalue weighted by molar-refractivity contribution is 6.50. The number of hydrazone groups is 1. The summed E-state index contributed by atoms with van der Waals surface area (Å²) >= 11 is 0. The molecular formula is C12H11N3O. The van der Waals surface area contributed by atoms with Crippen molar-refractivity contribution in [2.45, 2.75) is 0 Å². The maximum atomic E-state index is 9.49. The number of nitrogens with one attached hydrogen (secondary N) is 2. The van der Waals surface area contributed by atoms with E-state index in [4.69, 9.17) is 5.41 Å². The van der Waals surface area contributed by atoms with Crippen molar-refractivity contribution in [2.24, 2.45) is 5.10 Å².